The molecule has 10 amide bonds. The lowest BCUT2D eigenvalue weighted by atomic mass is 9.86. The van der Waals surface area contributed by atoms with Gasteiger partial charge < -0.3 is 95.2 Å². The molecular formula is C80H100N12O19. The Labute approximate surface area is 643 Å². The van der Waals surface area contributed by atoms with Crippen LogP contribution < -0.4 is 52.8 Å². The number of anilines is 2. The van der Waals surface area contributed by atoms with Crippen LogP contribution in [0, 0.1) is 5.92 Å². The van der Waals surface area contributed by atoms with Gasteiger partial charge in [0.2, 0.25) is 35.4 Å². The first-order valence-electron chi connectivity index (χ1n) is 37.4. The quantitative estimate of drug-likeness (QED) is 0.0154. The second kappa shape index (κ2) is 41.1. The van der Waals surface area contributed by atoms with E-state index < -0.39 is 65.5 Å². The molecule has 111 heavy (non-hydrogen) atoms. The maximum Gasteiger partial charge on any atom is 0.415 e. The van der Waals surface area contributed by atoms with E-state index in [4.69, 9.17) is 43.9 Å². The number of nitrogens with one attached hydrogen (secondary N) is 6. The number of carbonyl (C=O) groups is 10. The fourth-order valence-electron chi connectivity index (χ4n) is 12.9. The number of aryl methyl sites for hydroxylation is 1. The average molecular weight is 1530 g/mol. The predicted octanol–water partition coefficient (Wildman–Crippen LogP) is 6.32. The van der Waals surface area contributed by atoms with Crippen molar-refractivity contribution in [1.82, 2.24) is 45.9 Å². The maximum atomic E-state index is 13.8. The van der Waals surface area contributed by atoms with E-state index in [1.165, 1.54) is 23.9 Å². The zero-order chi connectivity index (χ0) is 79.6. The Bertz CT molecular complexity index is 4410. The number of hydrogen-bond donors (Lipinski definition) is 8. The van der Waals surface area contributed by atoms with Gasteiger partial charge in [-0.1, -0.05) is 94.4 Å². The molecule has 3 atom stereocenters. The molecule has 0 bridgehead atoms. The number of urea groups is 1. The Kier molecular flexibility index (Phi) is 31.0. The molecule has 3 aliphatic heterocycles. The van der Waals surface area contributed by atoms with E-state index in [2.05, 4.69) is 38.0 Å². The number of para-hydroxylation sites is 1. The van der Waals surface area contributed by atoms with Gasteiger partial charge in [0, 0.05) is 101 Å². The fraction of sp³-hybridized carbons (Fsp3) is 0.450. The molecule has 5 heterocycles. The summed E-state index contributed by atoms with van der Waals surface area (Å²) < 4.78 is 40.3. The zero-order valence-electron chi connectivity index (χ0n) is 63.6. The molecule has 6 aromatic rings. The summed E-state index contributed by atoms with van der Waals surface area (Å²) in [6.07, 6.45) is 4.07. The first kappa shape index (κ1) is 83.9. The Morgan fingerprint density at radius 3 is 2.02 bits per heavy atom. The van der Waals surface area contributed by atoms with E-state index >= 15 is 0 Å². The summed E-state index contributed by atoms with van der Waals surface area (Å²) in [6.45, 7) is 10.3. The Hall–Kier alpha value is -11.1. The van der Waals surface area contributed by atoms with E-state index in [-0.39, 0.29) is 170 Å². The van der Waals surface area contributed by atoms with Crippen molar-refractivity contribution in [3.8, 4) is 17.1 Å². The molecule has 0 spiro atoms. The van der Waals surface area contributed by atoms with Crippen LogP contribution in [0.4, 0.5) is 25.8 Å². The highest BCUT2D eigenvalue weighted by molar-refractivity contribution is 5.99. The van der Waals surface area contributed by atoms with Gasteiger partial charge >= 0.3 is 24.2 Å². The number of pyridine rings is 2. The molecule has 3 aliphatic rings. The van der Waals surface area contributed by atoms with Crippen molar-refractivity contribution in [2.45, 2.75) is 129 Å². The minimum Gasteiger partial charge on any atom is -0.458 e. The third-order valence-corrected chi connectivity index (χ3v) is 19.2. The van der Waals surface area contributed by atoms with Gasteiger partial charge in [0.15, 0.2) is 5.60 Å². The third-order valence-electron chi connectivity index (χ3n) is 19.2. The van der Waals surface area contributed by atoms with Gasteiger partial charge in [0.05, 0.1) is 94.1 Å². The standard InChI is InChI=1S/C80H100N12O19/c1-7-58-59-29-28-57(45-64(59)86-72-60(58)48-92-66(72)46-62-61(75(92)99)50-109-76(100)80(62,104)8-2)111-79(103)90(6)36-35-89(5)78(102)110-49-52-22-26-56(27-23-52)85-73(97)63(18-14-32-84-77(81)101)87-74(98)71(51(3)4)88-69(95)21-13-20-67(93)83-34-38-106-40-42-108-44-43-107-41-39-105-37-31-68(94)82-33-30-70(96)91-47-55-17-10-9-15-53(55)24-25-54-16-11-12-19-65(54)91/h9-12,15-17,19,22-29,45-46,51,63,71,104H,7-8,13-14,18,20-21,30-44,47-50H2,1-6H3,(H,82,94)(H,83,93)(H,85,97)(H,87,98)(H,88,95)(H3,81,84,101)/t63-,71-,80-/m0/s1. The fourth-order valence-corrected chi connectivity index (χ4v) is 12.9. The number of ether oxygens (including phenoxy) is 7. The van der Waals surface area contributed by atoms with Crippen molar-refractivity contribution >= 4 is 94.1 Å². The molecule has 31 heteroatoms. The molecule has 594 valence electrons. The summed E-state index contributed by atoms with van der Waals surface area (Å²) in [5, 5.41) is 28.4. The van der Waals surface area contributed by atoms with Gasteiger partial charge in [0.25, 0.3) is 5.56 Å². The molecule has 9 rings (SSSR count). The summed E-state index contributed by atoms with van der Waals surface area (Å²) in [7, 11) is 3.03. The number of esters is 1. The van der Waals surface area contributed by atoms with E-state index in [0.29, 0.717) is 67.5 Å². The molecule has 0 radical (unpaired) electrons. The lowest BCUT2D eigenvalue weighted by Gasteiger charge is -2.31. The number of likely N-dealkylation sites (N-methyl/N-ethyl adjacent to an activating group) is 2. The monoisotopic (exact) mass is 1530 g/mol. The highest BCUT2D eigenvalue weighted by Gasteiger charge is 2.46. The average Bonchev–Trinajstić information content (AvgIpc) is 1.58. The Morgan fingerprint density at radius 2 is 1.32 bits per heavy atom. The highest BCUT2D eigenvalue weighted by atomic mass is 16.6. The summed E-state index contributed by atoms with van der Waals surface area (Å²) in [6, 6.07) is 26.0. The second-order valence-electron chi connectivity index (χ2n) is 27.4. The second-order valence-corrected chi connectivity index (χ2v) is 27.4. The summed E-state index contributed by atoms with van der Waals surface area (Å²) >= 11 is 0. The highest BCUT2D eigenvalue weighted by Crippen LogP contribution is 2.41. The van der Waals surface area contributed by atoms with Gasteiger partial charge in [-0.15, -0.1) is 0 Å². The molecule has 0 saturated carbocycles. The lowest BCUT2D eigenvalue weighted by molar-refractivity contribution is -0.172. The molecule has 0 fully saturated rings. The minimum atomic E-state index is -1.98. The molecule has 2 aromatic heterocycles. The molecular weight excluding hydrogens is 1430 g/mol. The summed E-state index contributed by atoms with van der Waals surface area (Å²) in [4.78, 5) is 153. The van der Waals surface area contributed by atoms with Crippen molar-refractivity contribution in [2.24, 2.45) is 11.7 Å². The van der Waals surface area contributed by atoms with Crippen LogP contribution in [0.1, 0.15) is 124 Å². The molecule has 0 aliphatic carbocycles. The number of aliphatic hydroxyl groups is 1. The molecule has 0 saturated heterocycles. The number of primary amides is 1. The van der Waals surface area contributed by atoms with Crippen molar-refractivity contribution < 1.29 is 86.2 Å². The van der Waals surface area contributed by atoms with E-state index in [0.717, 1.165) is 38.9 Å². The van der Waals surface area contributed by atoms with Gasteiger partial charge in [-0.25, -0.2) is 24.2 Å². The number of aromatic nitrogens is 2. The van der Waals surface area contributed by atoms with Crippen LogP contribution >= 0.6 is 0 Å². The van der Waals surface area contributed by atoms with Crippen LogP contribution in [-0.4, -0.2) is 196 Å². The van der Waals surface area contributed by atoms with E-state index in [9.17, 15) is 57.8 Å². The van der Waals surface area contributed by atoms with Crippen LogP contribution in [0.2, 0.25) is 0 Å². The van der Waals surface area contributed by atoms with Crippen LogP contribution in [0.15, 0.2) is 102 Å². The smallest absolute Gasteiger partial charge is 0.415 e. The lowest BCUT2D eigenvalue weighted by Crippen LogP contribution is -2.54. The maximum absolute atomic E-state index is 13.8. The van der Waals surface area contributed by atoms with Gasteiger partial charge in [-0.05, 0) is 102 Å². The number of carbonyl (C=O) groups excluding carboxylic acids is 10. The summed E-state index contributed by atoms with van der Waals surface area (Å²) in [5.74, 6) is -3.32. The van der Waals surface area contributed by atoms with Crippen molar-refractivity contribution in [3.63, 3.8) is 0 Å². The van der Waals surface area contributed by atoms with Gasteiger partial charge in [-0.3, -0.25) is 33.6 Å². The molecule has 0 unspecified atom stereocenters. The van der Waals surface area contributed by atoms with Crippen molar-refractivity contribution in [3.05, 3.63) is 152 Å². The van der Waals surface area contributed by atoms with Crippen LogP contribution in [-0.2, 0) is 100 Å². The van der Waals surface area contributed by atoms with Crippen LogP contribution in [0.25, 0.3) is 34.4 Å². The Morgan fingerprint density at radius 1 is 0.667 bits per heavy atom. The number of nitrogens with zero attached hydrogens (tertiary/aromatic N) is 5. The predicted molar refractivity (Wildman–Crippen MR) is 411 cm³/mol. The SMILES string of the molecule is CCc1c2c(nc3cc(OC(=O)N(C)CCN(C)C(=O)OCc4ccc(NC(=O)[C@H](CCCNC(N)=O)NC(=O)[C@@H](NC(=O)CCCC(=O)NCCOCCOCCOCCOCCC(=O)NCCC(=O)N5Cc6ccccc6C=Cc6ccccc65)C(C)C)cc4)ccc13)-c1cc3c(c(=O)n1C2)COC(=O)[C@]3(O)CC. The third kappa shape index (κ3) is 23.2. The van der Waals surface area contributed by atoms with Crippen LogP contribution in [0.3, 0.4) is 0 Å². The number of benzene rings is 4. The molecule has 4 aromatic carbocycles. The minimum absolute atomic E-state index is 0.00402. The van der Waals surface area contributed by atoms with Crippen molar-refractivity contribution in [1.29, 1.82) is 0 Å². The largest absolute Gasteiger partial charge is 0.458 e. The van der Waals surface area contributed by atoms with Crippen LogP contribution in [0.5, 0.6) is 5.75 Å². The number of fused-ring (bicyclic) bond motifs is 7. The molecule has 31 nitrogen and oxygen atoms in total. The molecule has 9 N–H and O–H groups in total. The normalized spacial score (nSPS) is 14.3. The number of cyclic esters (lactones) is 1. The summed E-state index contributed by atoms with van der Waals surface area (Å²) in [5.41, 5.74) is 11.4. The number of rotatable bonds is 40. The number of amides is 10. The Balaban J connectivity index is 0.607. The van der Waals surface area contributed by atoms with E-state index in [1.807, 2.05) is 61.5 Å². The zero-order valence-corrected chi connectivity index (χ0v) is 63.6. The topological polar surface area (TPSA) is 398 Å². The van der Waals surface area contributed by atoms with Crippen molar-refractivity contribution in [2.75, 3.05) is 110 Å². The van der Waals surface area contributed by atoms with Gasteiger partial charge in [0.1, 0.15) is 31.0 Å². The first-order chi connectivity index (χ1) is 53.5. The number of nitrogens with two attached hydrogens (primary N) is 1. The number of hydrogen-bond acceptors (Lipinski definition) is 20. The van der Waals surface area contributed by atoms with Gasteiger partial charge in [-0.2, -0.15) is 0 Å². The first-order valence-corrected chi connectivity index (χ1v) is 37.4. The van der Waals surface area contributed by atoms with E-state index in [1.54, 1.807) is 78.8 Å².